The second-order valence-corrected chi connectivity index (χ2v) is 7.64. The van der Waals surface area contributed by atoms with Gasteiger partial charge in [-0.1, -0.05) is 36.7 Å². The summed E-state index contributed by atoms with van der Waals surface area (Å²) >= 11 is 5.89. The van der Waals surface area contributed by atoms with E-state index in [1.807, 2.05) is 30.5 Å². The van der Waals surface area contributed by atoms with Crippen LogP contribution in [0.3, 0.4) is 0 Å². The molecule has 0 radical (unpaired) electrons. The summed E-state index contributed by atoms with van der Waals surface area (Å²) in [6, 6.07) is 11.9. The van der Waals surface area contributed by atoms with Crippen molar-refractivity contribution < 1.29 is 4.79 Å². The molecule has 0 unspecified atom stereocenters. The molecule has 0 atom stereocenters. The number of halogens is 1. The second kappa shape index (κ2) is 10.4. The van der Waals surface area contributed by atoms with Gasteiger partial charge in [0.15, 0.2) is 0 Å². The van der Waals surface area contributed by atoms with Gasteiger partial charge in [-0.15, -0.1) is 0 Å². The third-order valence-electron chi connectivity index (χ3n) is 5.22. The van der Waals surface area contributed by atoms with Crippen molar-refractivity contribution in [1.82, 2.24) is 15.2 Å². The van der Waals surface area contributed by atoms with Crippen molar-refractivity contribution in [2.45, 2.75) is 32.7 Å². The number of amides is 1. The van der Waals surface area contributed by atoms with E-state index in [1.165, 1.54) is 5.56 Å². The van der Waals surface area contributed by atoms with Gasteiger partial charge in [0, 0.05) is 50.4 Å². The molecule has 5 nitrogen and oxygen atoms in total. The summed E-state index contributed by atoms with van der Waals surface area (Å²) in [6.07, 6.45) is 4.10. The Kier molecular flexibility index (Phi) is 7.69. The first-order chi connectivity index (χ1) is 13.6. The van der Waals surface area contributed by atoms with Crippen LogP contribution < -0.4 is 10.2 Å². The fraction of sp³-hybridized carbons (Fsp3) is 0.455. The summed E-state index contributed by atoms with van der Waals surface area (Å²) in [4.78, 5) is 21.4. The van der Waals surface area contributed by atoms with Crippen LogP contribution in [0.1, 0.15) is 30.9 Å². The number of benzene rings is 1. The number of aromatic nitrogens is 1. The Balaban J connectivity index is 1.37. The van der Waals surface area contributed by atoms with E-state index in [4.69, 9.17) is 11.6 Å². The quantitative estimate of drug-likeness (QED) is 0.736. The van der Waals surface area contributed by atoms with Gasteiger partial charge in [-0.05, 0) is 48.7 Å². The highest BCUT2D eigenvalue weighted by molar-refractivity contribution is 6.30. The minimum atomic E-state index is 0.0775. The third kappa shape index (κ3) is 6.21. The molecule has 1 aliphatic rings. The Morgan fingerprint density at radius 1 is 1.07 bits per heavy atom. The predicted molar refractivity (Wildman–Crippen MR) is 115 cm³/mol. The van der Waals surface area contributed by atoms with Gasteiger partial charge in [-0.2, -0.15) is 0 Å². The van der Waals surface area contributed by atoms with Gasteiger partial charge < -0.3 is 15.1 Å². The van der Waals surface area contributed by atoms with Crippen LogP contribution in [0.25, 0.3) is 0 Å². The van der Waals surface area contributed by atoms with Crippen molar-refractivity contribution in [3.63, 3.8) is 0 Å². The highest BCUT2D eigenvalue weighted by atomic mass is 35.5. The second-order valence-electron chi connectivity index (χ2n) is 7.20. The number of nitrogens with zero attached hydrogens (tertiary/aromatic N) is 3. The van der Waals surface area contributed by atoms with E-state index in [1.54, 1.807) is 0 Å². The van der Waals surface area contributed by atoms with E-state index < -0.39 is 0 Å². The zero-order valence-corrected chi connectivity index (χ0v) is 17.3. The van der Waals surface area contributed by atoms with Gasteiger partial charge in [-0.25, -0.2) is 4.98 Å². The molecule has 2 heterocycles. The van der Waals surface area contributed by atoms with Gasteiger partial charge in [0.25, 0.3) is 0 Å². The average Bonchev–Trinajstić information content (AvgIpc) is 2.74. The monoisotopic (exact) mass is 400 g/mol. The number of hydrogen-bond acceptors (Lipinski definition) is 4. The molecule has 1 saturated heterocycles. The lowest BCUT2D eigenvalue weighted by atomic mass is 10.1. The molecule has 0 bridgehead atoms. The van der Waals surface area contributed by atoms with Crippen LogP contribution in [0.2, 0.25) is 5.02 Å². The Morgan fingerprint density at radius 3 is 2.43 bits per heavy atom. The number of nitrogens with one attached hydrogen (secondary N) is 1. The van der Waals surface area contributed by atoms with Crippen molar-refractivity contribution in [3.8, 4) is 0 Å². The highest BCUT2D eigenvalue weighted by Crippen LogP contribution is 2.14. The molecule has 150 valence electrons. The molecule has 0 saturated carbocycles. The molecule has 6 heteroatoms. The first-order valence-corrected chi connectivity index (χ1v) is 10.4. The number of carbonyl (C=O) groups is 1. The van der Waals surface area contributed by atoms with E-state index >= 15 is 0 Å². The Bertz CT molecular complexity index is 740. The van der Waals surface area contributed by atoms with Gasteiger partial charge in [-0.3, -0.25) is 4.79 Å². The average molecular weight is 401 g/mol. The van der Waals surface area contributed by atoms with E-state index in [9.17, 15) is 4.79 Å². The summed E-state index contributed by atoms with van der Waals surface area (Å²) in [5.41, 5.74) is 2.23. The normalized spacial score (nSPS) is 14.9. The molecule has 3 rings (SSSR count). The predicted octanol–water partition coefficient (Wildman–Crippen LogP) is 3.52. The van der Waals surface area contributed by atoms with Crippen molar-refractivity contribution in [3.05, 3.63) is 58.7 Å². The number of anilines is 1. The zero-order valence-electron chi connectivity index (χ0n) is 16.5. The van der Waals surface area contributed by atoms with Gasteiger partial charge >= 0.3 is 0 Å². The number of likely N-dealkylation sites (N-methyl/N-ethyl adjacent to an activating group) is 1. The van der Waals surface area contributed by atoms with Crippen LogP contribution in [-0.2, 0) is 17.8 Å². The SMILES string of the molecule is CCN1CCN(c2ccc(CNC(=O)CCCc3ccc(Cl)cc3)cn2)CC1. The number of carbonyl (C=O) groups excluding carboxylic acids is 1. The van der Waals surface area contributed by atoms with E-state index in [0.29, 0.717) is 13.0 Å². The molecule has 1 aromatic carbocycles. The van der Waals surface area contributed by atoms with E-state index in [0.717, 1.165) is 62.0 Å². The van der Waals surface area contributed by atoms with Crippen molar-refractivity contribution >= 4 is 23.3 Å². The van der Waals surface area contributed by atoms with E-state index in [-0.39, 0.29) is 5.91 Å². The van der Waals surface area contributed by atoms with Crippen LogP contribution in [0.5, 0.6) is 0 Å². The lowest BCUT2D eigenvalue weighted by Crippen LogP contribution is -2.46. The summed E-state index contributed by atoms with van der Waals surface area (Å²) in [5, 5.41) is 3.73. The molecule has 2 aromatic rings. The van der Waals surface area contributed by atoms with Crippen LogP contribution >= 0.6 is 11.6 Å². The third-order valence-corrected chi connectivity index (χ3v) is 5.48. The number of pyridine rings is 1. The maximum Gasteiger partial charge on any atom is 0.220 e. The van der Waals surface area contributed by atoms with Gasteiger partial charge in [0.05, 0.1) is 0 Å². The maximum absolute atomic E-state index is 12.1. The summed E-state index contributed by atoms with van der Waals surface area (Å²) in [6.45, 7) is 8.05. The van der Waals surface area contributed by atoms with Crippen LogP contribution in [0.4, 0.5) is 5.82 Å². The number of rotatable bonds is 8. The van der Waals surface area contributed by atoms with Crippen LogP contribution in [0, 0.1) is 0 Å². The van der Waals surface area contributed by atoms with Crippen LogP contribution in [-0.4, -0.2) is 48.5 Å². The van der Waals surface area contributed by atoms with E-state index in [2.05, 4.69) is 39.2 Å². The molecule has 1 aromatic heterocycles. The fourth-order valence-electron chi connectivity index (χ4n) is 3.39. The van der Waals surface area contributed by atoms with Gasteiger partial charge in [0.2, 0.25) is 5.91 Å². The van der Waals surface area contributed by atoms with Crippen molar-refractivity contribution in [1.29, 1.82) is 0 Å². The first-order valence-electron chi connectivity index (χ1n) is 10.1. The number of piperazine rings is 1. The summed E-state index contributed by atoms with van der Waals surface area (Å²) in [7, 11) is 0. The summed E-state index contributed by atoms with van der Waals surface area (Å²) in [5.74, 6) is 1.10. The topological polar surface area (TPSA) is 48.5 Å². The molecule has 1 aliphatic heterocycles. The molecule has 0 spiro atoms. The lowest BCUT2D eigenvalue weighted by Gasteiger charge is -2.34. The Labute approximate surface area is 172 Å². The first kappa shape index (κ1) is 20.6. The fourth-order valence-corrected chi connectivity index (χ4v) is 3.52. The van der Waals surface area contributed by atoms with Crippen molar-refractivity contribution in [2.24, 2.45) is 0 Å². The molecular formula is C22H29ClN4O. The molecular weight excluding hydrogens is 372 g/mol. The van der Waals surface area contributed by atoms with Crippen LogP contribution in [0.15, 0.2) is 42.6 Å². The van der Waals surface area contributed by atoms with Crippen molar-refractivity contribution in [2.75, 3.05) is 37.6 Å². The minimum Gasteiger partial charge on any atom is -0.354 e. The summed E-state index contributed by atoms with van der Waals surface area (Å²) < 4.78 is 0. The van der Waals surface area contributed by atoms with Gasteiger partial charge in [0.1, 0.15) is 5.82 Å². The highest BCUT2D eigenvalue weighted by Gasteiger charge is 2.16. The molecule has 0 aliphatic carbocycles. The Hall–Kier alpha value is -2.11. The molecule has 1 fully saturated rings. The largest absolute Gasteiger partial charge is 0.354 e. The molecule has 1 N–H and O–H groups in total. The standard InChI is InChI=1S/C22H29ClN4O/c1-2-26-12-14-27(15-13-26)21-11-8-19(16-24-21)17-25-22(28)5-3-4-18-6-9-20(23)10-7-18/h6-11,16H,2-5,12-15,17H2,1H3,(H,25,28). The molecule has 28 heavy (non-hydrogen) atoms. The number of aryl methyl sites for hydroxylation is 1. The molecule has 1 amide bonds. The minimum absolute atomic E-state index is 0.0775. The smallest absolute Gasteiger partial charge is 0.220 e. The Morgan fingerprint density at radius 2 is 1.79 bits per heavy atom. The maximum atomic E-state index is 12.1. The number of hydrogen-bond donors (Lipinski definition) is 1. The lowest BCUT2D eigenvalue weighted by molar-refractivity contribution is -0.121. The zero-order chi connectivity index (χ0) is 19.8.